The number of nitrogens with zero attached hydrogens (tertiary/aromatic N) is 2. The van der Waals surface area contributed by atoms with E-state index >= 15 is 0 Å². The van der Waals surface area contributed by atoms with Gasteiger partial charge in [-0.1, -0.05) is 11.6 Å². The first-order valence-electron chi connectivity index (χ1n) is 7.21. The molecule has 0 fully saturated rings. The summed E-state index contributed by atoms with van der Waals surface area (Å²) in [7, 11) is 1.59. The highest BCUT2D eigenvalue weighted by Gasteiger charge is 2.06. The zero-order chi connectivity index (χ0) is 16.2. The molecule has 2 heterocycles. The van der Waals surface area contributed by atoms with Gasteiger partial charge in [0, 0.05) is 30.9 Å². The van der Waals surface area contributed by atoms with Crippen molar-refractivity contribution in [2.45, 2.75) is 6.42 Å². The number of nitrogens with one attached hydrogen (secondary N) is 1. The Bertz CT molecular complexity index is 827. The number of carbonyl (C=O) groups excluding carboxylic acids is 1. The number of amides is 1. The molecule has 0 spiro atoms. The van der Waals surface area contributed by atoms with Crippen LogP contribution in [-0.4, -0.2) is 28.9 Å². The number of imidazole rings is 1. The third-order valence-electron chi connectivity index (χ3n) is 3.48. The Morgan fingerprint density at radius 2 is 2.00 bits per heavy atom. The van der Waals surface area contributed by atoms with E-state index < -0.39 is 0 Å². The Hall–Kier alpha value is -2.53. The van der Waals surface area contributed by atoms with Gasteiger partial charge in [0.25, 0.3) is 5.91 Å². The first-order valence-corrected chi connectivity index (χ1v) is 7.59. The van der Waals surface area contributed by atoms with E-state index in [1.54, 1.807) is 37.4 Å². The van der Waals surface area contributed by atoms with Gasteiger partial charge in [0.15, 0.2) is 0 Å². The van der Waals surface area contributed by atoms with E-state index in [0.717, 1.165) is 17.1 Å². The zero-order valence-corrected chi connectivity index (χ0v) is 13.4. The van der Waals surface area contributed by atoms with E-state index in [1.165, 1.54) is 0 Å². The molecule has 5 nitrogen and oxygen atoms in total. The van der Waals surface area contributed by atoms with E-state index in [4.69, 9.17) is 16.3 Å². The van der Waals surface area contributed by atoms with Crippen molar-refractivity contribution in [3.05, 3.63) is 65.1 Å². The normalized spacial score (nSPS) is 10.7. The Morgan fingerprint density at radius 3 is 2.74 bits per heavy atom. The summed E-state index contributed by atoms with van der Waals surface area (Å²) in [4.78, 5) is 16.5. The lowest BCUT2D eigenvalue weighted by Crippen LogP contribution is -2.25. The zero-order valence-electron chi connectivity index (χ0n) is 12.6. The van der Waals surface area contributed by atoms with Crippen LogP contribution in [0.5, 0.6) is 5.75 Å². The van der Waals surface area contributed by atoms with Crippen LogP contribution in [0.1, 0.15) is 16.1 Å². The van der Waals surface area contributed by atoms with Crippen molar-refractivity contribution in [3.63, 3.8) is 0 Å². The number of halogens is 1. The molecule has 1 N–H and O–H groups in total. The van der Waals surface area contributed by atoms with Crippen LogP contribution in [0.15, 0.2) is 48.8 Å². The topological polar surface area (TPSA) is 55.6 Å². The van der Waals surface area contributed by atoms with Crippen molar-refractivity contribution < 1.29 is 9.53 Å². The van der Waals surface area contributed by atoms with Crippen LogP contribution in [0.3, 0.4) is 0 Å². The predicted molar refractivity (Wildman–Crippen MR) is 89.2 cm³/mol. The van der Waals surface area contributed by atoms with Crippen molar-refractivity contribution in [2.75, 3.05) is 13.7 Å². The van der Waals surface area contributed by atoms with Gasteiger partial charge in [-0.15, -0.1) is 0 Å². The summed E-state index contributed by atoms with van der Waals surface area (Å²) in [6, 6.07) is 10.7. The molecule has 118 valence electrons. The second kappa shape index (κ2) is 6.71. The molecule has 0 radical (unpaired) electrons. The molecule has 0 aliphatic heterocycles. The fourth-order valence-corrected chi connectivity index (χ4v) is 2.45. The lowest BCUT2D eigenvalue weighted by Gasteiger charge is -2.05. The third-order valence-corrected chi connectivity index (χ3v) is 3.71. The molecular weight excluding hydrogens is 314 g/mol. The number of hydrogen-bond acceptors (Lipinski definition) is 3. The highest BCUT2D eigenvalue weighted by molar-refractivity contribution is 6.30. The molecular formula is C17H16ClN3O2. The minimum atomic E-state index is -0.112. The lowest BCUT2D eigenvalue weighted by atomic mass is 10.2. The SMILES string of the molecule is COc1ccc(C(=O)NCCc2cn3cc(Cl)ccc3n2)cc1. The van der Waals surface area contributed by atoms with Crippen molar-refractivity contribution in [1.29, 1.82) is 0 Å². The molecule has 1 aromatic carbocycles. The van der Waals surface area contributed by atoms with Crippen molar-refractivity contribution >= 4 is 23.2 Å². The molecule has 2 aromatic heterocycles. The lowest BCUT2D eigenvalue weighted by molar-refractivity contribution is 0.0954. The van der Waals surface area contributed by atoms with Gasteiger partial charge < -0.3 is 14.5 Å². The number of methoxy groups -OCH3 is 1. The Morgan fingerprint density at radius 1 is 1.22 bits per heavy atom. The summed E-state index contributed by atoms with van der Waals surface area (Å²) in [5.74, 6) is 0.615. The van der Waals surface area contributed by atoms with Crippen LogP contribution in [-0.2, 0) is 6.42 Å². The van der Waals surface area contributed by atoms with E-state index in [1.807, 2.05) is 22.9 Å². The maximum atomic E-state index is 12.1. The maximum absolute atomic E-state index is 12.1. The van der Waals surface area contributed by atoms with Crippen molar-refractivity contribution in [1.82, 2.24) is 14.7 Å². The monoisotopic (exact) mass is 329 g/mol. The van der Waals surface area contributed by atoms with Gasteiger partial charge in [0.05, 0.1) is 17.8 Å². The van der Waals surface area contributed by atoms with E-state index in [9.17, 15) is 4.79 Å². The summed E-state index contributed by atoms with van der Waals surface area (Å²) in [5.41, 5.74) is 2.35. The molecule has 1 amide bonds. The highest BCUT2D eigenvalue weighted by Crippen LogP contribution is 2.12. The number of carbonyl (C=O) groups is 1. The van der Waals surface area contributed by atoms with Gasteiger partial charge in [-0.05, 0) is 36.4 Å². The van der Waals surface area contributed by atoms with Crippen LogP contribution in [0, 0.1) is 0 Å². The Labute approximate surface area is 138 Å². The Kier molecular flexibility index (Phi) is 4.48. The minimum absolute atomic E-state index is 0.112. The summed E-state index contributed by atoms with van der Waals surface area (Å²) in [6.45, 7) is 0.516. The number of benzene rings is 1. The molecule has 0 aliphatic rings. The molecule has 0 bridgehead atoms. The molecule has 0 atom stereocenters. The molecule has 0 unspecified atom stereocenters. The highest BCUT2D eigenvalue weighted by atomic mass is 35.5. The van der Waals surface area contributed by atoms with E-state index in [0.29, 0.717) is 23.6 Å². The number of hydrogen-bond donors (Lipinski definition) is 1. The number of rotatable bonds is 5. The second-order valence-electron chi connectivity index (χ2n) is 5.08. The summed E-state index contributed by atoms with van der Waals surface area (Å²) in [5, 5.41) is 3.55. The van der Waals surface area contributed by atoms with Gasteiger partial charge in [0.2, 0.25) is 0 Å². The average molecular weight is 330 g/mol. The molecule has 3 aromatic rings. The standard InChI is InChI=1S/C17H16ClN3O2/c1-23-15-5-2-12(3-6-15)17(22)19-9-8-14-11-21-10-13(18)4-7-16(21)20-14/h2-7,10-11H,8-9H2,1H3,(H,19,22). The fraction of sp³-hybridized carbons (Fsp3) is 0.176. The number of pyridine rings is 1. The van der Waals surface area contributed by atoms with Crippen LogP contribution in [0.4, 0.5) is 0 Å². The van der Waals surface area contributed by atoms with Gasteiger partial charge in [-0.2, -0.15) is 0 Å². The summed E-state index contributed by atoms with van der Waals surface area (Å²) in [6.07, 6.45) is 4.38. The molecule has 0 saturated carbocycles. The number of ether oxygens (including phenoxy) is 1. The van der Waals surface area contributed by atoms with Crippen LogP contribution >= 0.6 is 11.6 Å². The van der Waals surface area contributed by atoms with Gasteiger partial charge >= 0.3 is 0 Å². The van der Waals surface area contributed by atoms with Crippen molar-refractivity contribution in [3.8, 4) is 5.75 Å². The Balaban J connectivity index is 1.58. The molecule has 0 saturated heterocycles. The van der Waals surface area contributed by atoms with Crippen molar-refractivity contribution in [2.24, 2.45) is 0 Å². The molecule has 0 aliphatic carbocycles. The van der Waals surface area contributed by atoms with Gasteiger partial charge in [-0.25, -0.2) is 4.98 Å². The average Bonchev–Trinajstić information content (AvgIpc) is 2.96. The molecule has 6 heteroatoms. The second-order valence-corrected chi connectivity index (χ2v) is 5.52. The first-order chi connectivity index (χ1) is 11.2. The number of aromatic nitrogens is 2. The molecule has 23 heavy (non-hydrogen) atoms. The molecule has 3 rings (SSSR count). The number of fused-ring (bicyclic) bond motifs is 1. The maximum Gasteiger partial charge on any atom is 0.251 e. The third kappa shape index (κ3) is 3.63. The predicted octanol–water partition coefficient (Wildman–Crippen LogP) is 2.97. The smallest absolute Gasteiger partial charge is 0.251 e. The quantitative estimate of drug-likeness (QED) is 0.783. The minimum Gasteiger partial charge on any atom is -0.497 e. The van der Waals surface area contributed by atoms with Gasteiger partial charge in [-0.3, -0.25) is 4.79 Å². The first kappa shape index (κ1) is 15.4. The van der Waals surface area contributed by atoms with Crippen LogP contribution < -0.4 is 10.1 Å². The fourth-order valence-electron chi connectivity index (χ4n) is 2.29. The summed E-state index contributed by atoms with van der Waals surface area (Å²) >= 11 is 5.95. The van der Waals surface area contributed by atoms with E-state index in [2.05, 4.69) is 10.3 Å². The summed E-state index contributed by atoms with van der Waals surface area (Å²) < 4.78 is 6.95. The van der Waals surface area contributed by atoms with Crippen LogP contribution in [0.2, 0.25) is 5.02 Å². The van der Waals surface area contributed by atoms with Crippen LogP contribution in [0.25, 0.3) is 5.65 Å². The van der Waals surface area contributed by atoms with Gasteiger partial charge in [0.1, 0.15) is 11.4 Å². The van der Waals surface area contributed by atoms with E-state index in [-0.39, 0.29) is 5.91 Å². The largest absolute Gasteiger partial charge is 0.497 e.